The molecule has 3 aromatic rings. The van der Waals surface area contributed by atoms with Gasteiger partial charge in [0.1, 0.15) is 23.2 Å². The number of ether oxygens (including phenoxy) is 1. The normalized spacial score (nSPS) is 15.3. The van der Waals surface area contributed by atoms with Crippen molar-refractivity contribution in [1.82, 2.24) is 10.3 Å². The van der Waals surface area contributed by atoms with Crippen molar-refractivity contribution in [1.29, 1.82) is 0 Å². The number of fused-ring (bicyclic) bond motifs is 1. The third-order valence-corrected chi connectivity index (χ3v) is 7.72. The molecule has 1 aromatic heterocycles. The second kappa shape index (κ2) is 11.4. The molecule has 0 aliphatic heterocycles. The number of amides is 1. The van der Waals surface area contributed by atoms with Crippen molar-refractivity contribution in [2.24, 2.45) is 11.3 Å². The van der Waals surface area contributed by atoms with E-state index in [0.717, 1.165) is 35.1 Å². The maximum absolute atomic E-state index is 13.2. The van der Waals surface area contributed by atoms with E-state index in [4.69, 9.17) is 9.72 Å². The molecule has 6 heteroatoms. The number of aromatic nitrogens is 1. The fourth-order valence-corrected chi connectivity index (χ4v) is 5.32. The highest BCUT2D eigenvalue weighted by Crippen LogP contribution is 2.33. The summed E-state index contributed by atoms with van der Waals surface area (Å²) in [5.41, 5.74) is 1.77. The number of aryl methyl sites for hydroxylation is 1. The smallest absolute Gasteiger partial charge is 0.326 e. The van der Waals surface area contributed by atoms with Gasteiger partial charge >= 0.3 is 5.97 Å². The first-order chi connectivity index (χ1) is 18.3. The van der Waals surface area contributed by atoms with Gasteiger partial charge in [0.25, 0.3) is 5.91 Å². The summed E-state index contributed by atoms with van der Waals surface area (Å²) < 4.78 is 6.21. The number of carbonyl (C=O) groups is 2. The molecule has 0 bridgehead atoms. The summed E-state index contributed by atoms with van der Waals surface area (Å²) in [5.74, 6) is 0.625. The first-order valence-corrected chi connectivity index (χ1v) is 14.1. The highest BCUT2D eigenvalue weighted by Gasteiger charge is 2.33. The van der Waals surface area contributed by atoms with Crippen molar-refractivity contribution in [3.8, 4) is 11.5 Å². The number of nitrogens with one attached hydrogen (secondary N) is 1. The Bertz CT molecular complexity index is 1330. The molecule has 0 saturated heterocycles. The Morgan fingerprint density at radius 3 is 2.21 bits per heavy atom. The van der Waals surface area contributed by atoms with E-state index < -0.39 is 23.3 Å². The zero-order valence-electron chi connectivity index (χ0n) is 24.1. The van der Waals surface area contributed by atoms with E-state index in [-0.39, 0.29) is 11.1 Å². The van der Waals surface area contributed by atoms with E-state index in [9.17, 15) is 14.7 Å². The van der Waals surface area contributed by atoms with Crippen molar-refractivity contribution in [2.45, 2.75) is 91.5 Å². The maximum atomic E-state index is 13.2. The molecule has 4 rings (SSSR count). The van der Waals surface area contributed by atoms with Crippen LogP contribution in [0.3, 0.4) is 0 Å². The van der Waals surface area contributed by atoms with E-state index in [1.54, 1.807) is 26.8 Å². The molecule has 0 radical (unpaired) electrons. The van der Waals surface area contributed by atoms with Crippen LogP contribution in [0.1, 0.15) is 95.4 Å². The highest BCUT2D eigenvalue weighted by molar-refractivity contribution is 5.99. The standard InChI is InChI=1S/C33H42N2O4/c1-32(2,3)23-13-16-24(17-14-23)39-25-15-12-22-19-28(30(36)35-29(31(37)38)33(4,5)6)34-27(26(22)20-25)18-11-21-9-7-8-10-21/h12-17,19-21,29H,7-11,18H2,1-6H3,(H,35,36)(H,37,38)/t29-/m0/s1. The average Bonchev–Trinajstić information content (AvgIpc) is 3.38. The van der Waals surface area contributed by atoms with Crippen molar-refractivity contribution in [3.63, 3.8) is 0 Å². The summed E-state index contributed by atoms with van der Waals surface area (Å²) in [6.45, 7) is 11.9. The van der Waals surface area contributed by atoms with Gasteiger partial charge in [-0.2, -0.15) is 0 Å². The maximum Gasteiger partial charge on any atom is 0.326 e. The van der Waals surface area contributed by atoms with Crippen LogP contribution in [0, 0.1) is 11.3 Å². The second-order valence-corrected chi connectivity index (χ2v) is 13.0. The Labute approximate surface area is 232 Å². The van der Waals surface area contributed by atoms with Gasteiger partial charge in [0, 0.05) is 11.1 Å². The van der Waals surface area contributed by atoms with Crippen LogP contribution in [0.2, 0.25) is 0 Å². The van der Waals surface area contributed by atoms with Gasteiger partial charge in [-0.3, -0.25) is 4.79 Å². The molecule has 1 aliphatic rings. The quantitative estimate of drug-likeness (QED) is 0.312. The fourth-order valence-electron chi connectivity index (χ4n) is 5.32. The zero-order chi connectivity index (χ0) is 28.4. The Hall–Kier alpha value is -3.41. The van der Waals surface area contributed by atoms with Gasteiger partial charge in [-0.1, -0.05) is 85.4 Å². The van der Waals surface area contributed by atoms with Crippen molar-refractivity contribution < 1.29 is 19.4 Å². The largest absolute Gasteiger partial charge is 0.480 e. The molecule has 0 unspecified atom stereocenters. The predicted octanol–water partition coefficient (Wildman–Crippen LogP) is 7.68. The van der Waals surface area contributed by atoms with Gasteiger partial charge in [-0.25, -0.2) is 9.78 Å². The first-order valence-electron chi connectivity index (χ1n) is 14.1. The summed E-state index contributed by atoms with van der Waals surface area (Å²) in [5, 5.41) is 14.2. The molecule has 208 valence electrons. The highest BCUT2D eigenvalue weighted by atomic mass is 16.5. The van der Waals surface area contributed by atoms with Crippen LogP contribution < -0.4 is 10.1 Å². The van der Waals surface area contributed by atoms with Gasteiger partial charge in [0.05, 0.1) is 0 Å². The second-order valence-electron chi connectivity index (χ2n) is 13.0. The van der Waals surface area contributed by atoms with Crippen LogP contribution in [0.4, 0.5) is 0 Å². The van der Waals surface area contributed by atoms with Gasteiger partial charge in [-0.05, 0) is 70.9 Å². The number of carbonyl (C=O) groups excluding carboxylic acids is 1. The van der Waals surface area contributed by atoms with Gasteiger partial charge in [0.2, 0.25) is 0 Å². The molecule has 1 fully saturated rings. The summed E-state index contributed by atoms with van der Waals surface area (Å²) >= 11 is 0. The molecule has 6 nitrogen and oxygen atoms in total. The molecule has 1 amide bonds. The SMILES string of the molecule is CC(C)(C)c1ccc(Oc2ccc3cc(C(=O)N[C@@H](C(=O)O)C(C)(C)C)nc(CCC4CCCC4)c3c2)cc1. The van der Waals surface area contributed by atoms with Crippen LogP contribution in [-0.4, -0.2) is 28.0 Å². The van der Waals surface area contributed by atoms with E-state index in [2.05, 4.69) is 38.2 Å². The van der Waals surface area contributed by atoms with E-state index in [1.165, 1.54) is 31.2 Å². The predicted molar refractivity (Wildman–Crippen MR) is 156 cm³/mol. The van der Waals surface area contributed by atoms with Gasteiger partial charge in [0.15, 0.2) is 0 Å². The Morgan fingerprint density at radius 1 is 0.974 bits per heavy atom. The van der Waals surface area contributed by atoms with E-state index in [1.807, 2.05) is 30.3 Å². The van der Waals surface area contributed by atoms with Crippen LogP contribution in [0.5, 0.6) is 11.5 Å². The Balaban J connectivity index is 1.65. The zero-order valence-corrected chi connectivity index (χ0v) is 24.1. The Kier molecular flexibility index (Phi) is 8.34. The molecule has 0 spiro atoms. The minimum absolute atomic E-state index is 0.0722. The molecule has 2 aromatic carbocycles. The van der Waals surface area contributed by atoms with Crippen LogP contribution in [0.15, 0.2) is 48.5 Å². The lowest BCUT2D eigenvalue weighted by Gasteiger charge is -2.27. The number of carboxylic acid groups (broad SMARTS) is 1. The molecule has 2 N–H and O–H groups in total. The summed E-state index contributed by atoms with van der Waals surface area (Å²) in [6, 6.07) is 14.7. The van der Waals surface area contributed by atoms with Crippen molar-refractivity contribution in [2.75, 3.05) is 0 Å². The molecule has 1 atom stereocenters. The molecule has 39 heavy (non-hydrogen) atoms. The monoisotopic (exact) mass is 530 g/mol. The first kappa shape index (κ1) is 28.6. The molecular weight excluding hydrogens is 488 g/mol. The van der Waals surface area contributed by atoms with E-state index in [0.29, 0.717) is 11.7 Å². The molecule has 1 aliphatic carbocycles. The lowest BCUT2D eigenvalue weighted by Crippen LogP contribution is -2.49. The number of hydrogen-bond acceptors (Lipinski definition) is 4. The third kappa shape index (κ3) is 7.17. The van der Waals surface area contributed by atoms with Crippen molar-refractivity contribution >= 4 is 22.6 Å². The van der Waals surface area contributed by atoms with Gasteiger partial charge in [-0.15, -0.1) is 0 Å². The fraction of sp³-hybridized carbons (Fsp3) is 0.485. The number of aliphatic carboxylic acids is 1. The number of hydrogen-bond donors (Lipinski definition) is 2. The lowest BCUT2D eigenvalue weighted by molar-refractivity contribution is -0.142. The third-order valence-electron chi connectivity index (χ3n) is 7.72. The minimum atomic E-state index is -1.06. The van der Waals surface area contributed by atoms with E-state index >= 15 is 0 Å². The van der Waals surface area contributed by atoms with Crippen molar-refractivity contribution in [3.05, 3.63) is 65.5 Å². The molecule has 1 saturated carbocycles. The summed E-state index contributed by atoms with van der Waals surface area (Å²) in [4.78, 5) is 29.8. The number of nitrogens with zero attached hydrogens (tertiary/aromatic N) is 1. The Morgan fingerprint density at radius 2 is 1.62 bits per heavy atom. The average molecular weight is 531 g/mol. The van der Waals surface area contributed by atoms with Crippen LogP contribution in [-0.2, 0) is 16.6 Å². The number of rotatable bonds is 8. The van der Waals surface area contributed by atoms with Gasteiger partial charge < -0.3 is 15.2 Å². The minimum Gasteiger partial charge on any atom is -0.480 e. The summed E-state index contributed by atoms with van der Waals surface area (Å²) in [6.07, 6.45) is 6.80. The number of benzene rings is 2. The number of carboxylic acids is 1. The van der Waals surface area contributed by atoms with Crippen LogP contribution in [0.25, 0.3) is 10.8 Å². The molecular formula is C33H42N2O4. The molecule has 1 heterocycles. The van der Waals surface area contributed by atoms with Crippen LogP contribution >= 0.6 is 0 Å². The summed E-state index contributed by atoms with van der Waals surface area (Å²) in [7, 11) is 0. The number of pyridine rings is 1. The topological polar surface area (TPSA) is 88.5 Å². The lowest BCUT2D eigenvalue weighted by atomic mass is 9.86.